The van der Waals surface area contributed by atoms with Crippen LogP contribution in [-0.4, -0.2) is 24.6 Å². The second kappa shape index (κ2) is 8.89. The zero-order valence-corrected chi connectivity index (χ0v) is 10.4. The molecule has 0 aliphatic carbocycles. The molecule has 0 rings (SSSR count). The number of rotatable bonds is 8. The SMILES string of the molecule is CCCNC(CC)C(C)CCSC. The summed E-state index contributed by atoms with van der Waals surface area (Å²) in [6.07, 6.45) is 6.03. The Morgan fingerprint density at radius 3 is 2.46 bits per heavy atom. The summed E-state index contributed by atoms with van der Waals surface area (Å²) < 4.78 is 0. The van der Waals surface area contributed by atoms with Crippen molar-refractivity contribution in [2.45, 2.75) is 46.1 Å². The van der Waals surface area contributed by atoms with Crippen molar-refractivity contribution in [1.29, 1.82) is 0 Å². The van der Waals surface area contributed by atoms with Crippen molar-refractivity contribution in [3.05, 3.63) is 0 Å². The van der Waals surface area contributed by atoms with Crippen LogP contribution in [0, 0.1) is 5.92 Å². The van der Waals surface area contributed by atoms with Gasteiger partial charge in [-0.15, -0.1) is 0 Å². The Bertz CT molecular complexity index is 106. The van der Waals surface area contributed by atoms with Crippen molar-refractivity contribution in [3.63, 3.8) is 0 Å². The quantitative estimate of drug-likeness (QED) is 0.650. The van der Waals surface area contributed by atoms with Crippen LogP contribution in [0.15, 0.2) is 0 Å². The molecule has 0 aromatic carbocycles. The number of hydrogen-bond acceptors (Lipinski definition) is 2. The van der Waals surface area contributed by atoms with E-state index in [2.05, 4.69) is 32.3 Å². The summed E-state index contributed by atoms with van der Waals surface area (Å²) in [7, 11) is 0. The molecule has 80 valence electrons. The van der Waals surface area contributed by atoms with Crippen molar-refractivity contribution >= 4 is 11.8 Å². The van der Waals surface area contributed by atoms with Crippen LogP contribution in [0.1, 0.15) is 40.0 Å². The first-order chi connectivity index (χ1) is 6.26. The summed E-state index contributed by atoms with van der Waals surface area (Å²) in [5, 5.41) is 3.62. The molecule has 0 spiro atoms. The maximum atomic E-state index is 3.62. The van der Waals surface area contributed by atoms with Crippen molar-refractivity contribution in [3.8, 4) is 0 Å². The lowest BCUT2D eigenvalue weighted by Gasteiger charge is -2.23. The van der Waals surface area contributed by atoms with E-state index in [9.17, 15) is 0 Å². The summed E-state index contributed by atoms with van der Waals surface area (Å²) >= 11 is 1.95. The predicted octanol–water partition coefficient (Wildman–Crippen LogP) is 3.15. The van der Waals surface area contributed by atoms with Crippen molar-refractivity contribution in [2.75, 3.05) is 18.6 Å². The summed E-state index contributed by atoms with van der Waals surface area (Å²) in [5.74, 6) is 2.12. The van der Waals surface area contributed by atoms with Gasteiger partial charge < -0.3 is 5.32 Å². The minimum Gasteiger partial charge on any atom is -0.314 e. The van der Waals surface area contributed by atoms with Gasteiger partial charge in [-0.1, -0.05) is 20.8 Å². The molecule has 0 aromatic rings. The van der Waals surface area contributed by atoms with Gasteiger partial charge in [-0.25, -0.2) is 0 Å². The maximum Gasteiger partial charge on any atom is 0.00903 e. The molecule has 2 unspecified atom stereocenters. The van der Waals surface area contributed by atoms with E-state index in [-0.39, 0.29) is 0 Å². The molecule has 0 aliphatic rings. The van der Waals surface area contributed by atoms with Gasteiger partial charge in [0.15, 0.2) is 0 Å². The standard InChI is InChI=1S/C11H25NS/c1-5-8-12-11(6-2)10(3)7-9-13-4/h10-12H,5-9H2,1-4H3. The fourth-order valence-corrected chi connectivity index (χ4v) is 2.19. The van der Waals surface area contributed by atoms with Gasteiger partial charge in [-0.2, -0.15) is 11.8 Å². The average Bonchev–Trinajstić information content (AvgIpc) is 2.16. The Morgan fingerprint density at radius 2 is 2.00 bits per heavy atom. The van der Waals surface area contributed by atoms with Gasteiger partial charge in [0.2, 0.25) is 0 Å². The van der Waals surface area contributed by atoms with E-state index in [0.717, 1.165) is 12.0 Å². The van der Waals surface area contributed by atoms with Crippen LogP contribution in [0.2, 0.25) is 0 Å². The Morgan fingerprint density at radius 1 is 1.31 bits per heavy atom. The monoisotopic (exact) mass is 203 g/mol. The van der Waals surface area contributed by atoms with Crippen LogP contribution in [-0.2, 0) is 0 Å². The van der Waals surface area contributed by atoms with Gasteiger partial charge in [-0.3, -0.25) is 0 Å². The van der Waals surface area contributed by atoms with E-state index >= 15 is 0 Å². The summed E-state index contributed by atoms with van der Waals surface area (Å²) in [6, 6.07) is 0.729. The highest BCUT2D eigenvalue weighted by atomic mass is 32.2. The molecule has 0 amide bonds. The van der Waals surface area contributed by atoms with Crippen LogP contribution in [0.3, 0.4) is 0 Å². The van der Waals surface area contributed by atoms with E-state index in [0.29, 0.717) is 0 Å². The normalized spacial score (nSPS) is 15.7. The van der Waals surface area contributed by atoms with Gasteiger partial charge in [0.05, 0.1) is 0 Å². The zero-order valence-electron chi connectivity index (χ0n) is 9.60. The Balaban J connectivity index is 3.63. The molecule has 2 heteroatoms. The molecular weight excluding hydrogens is 178 g/mol. The van der Waals surface area contributed by atoms with E-state index < -0.39 is 0 Å². The number of thioether (sulfide) groups is 1. The van der Waals surface area contributed by atoms with Crippen molar-refractivity contribution in [1.82, 2.24) is 5.32 Å². The molecule has 0 aliphatic heterocycles. The second-order valence-electron chi connectivity index (χ2n) is 3.73. The van der Waals surface area contributed by atoms with E-state index in [4.69, 9.17) is 0 Å². The highest BCUT2D eigenvalue weighted by Crippen LogP contribution is 2.13. The molecule has 13 heavy (non-hydrogen) atoms. The summed E-state index contributed by atoms with van der Waals surface area (Å²) in [6.45, 7) is 8.05. The summed E-state index contributed by atoms with van der Waals surface area (Å²) in [4.78, 5) is 0. The molecule has 0 radical (unpaired) electrons. The minimum atomic E-state index is 0.729. The van der Waals surface area contributed by atoms with E-state index in [1.54, 1.807) is 0 Å². The maximum absolute atomic E-state index is 3.62. The lowest BCUT2D eigenvalue weighted by atomic mass is 9.97. The highest BCUT2D eigenvalue weighted by molar-refractivity contribution is 7.98. The zero-order chi connectivity index (χ0) is 10.1. The molecule has 0 aromatic heterocycles. The predicted molar refractivity (Wildman–Crippen MR) is 64.5 cm³/mol. The molecule has 0 saturated carbocycles. The molecule has 0 fully saturated rings. The molecule has 0 bridgehead atoms. The molecule has 1 N–H and O–H groups in total. The van der Waals surface area contributed by atoms with Gasteiger partial charge in [0, 0.05) is 6.04 Å². The average molecular weight is 203 g/mol. The molecule has 0 saturated heterocycles. The Hall–Kier alpha value is 0.310. The van der Waals surface area contributed by atoms with Crippen molar-refractivity contribution in [2.24, 2.45) is 5.92 Å². The van der Waals surface area contributed by atoms with Crippen LogP contribution in [0.25, 0.3) is 0 Å². The van der Waals surface area contributed by atoms with Gasteiger partial charge in [0.1, 0.15) is 0 Å². The lowest BCUT2D eigenvalue weighted by Crippen LogP contribution is -2.35. The van der Waals surface area contributed by atoms with Crippen LogP contribution >= 0.6 is 11.8 Å². The van der Waals surface area contributed by atoms with E-state index in [1.807, 2.05) is 11.8 Å². The smallest absolute Gasteiger partial charge is 0.00903 e. The fraction of sp³-hybridized carbons (Fsp3) is 1.00. The van der Waals surface area contributed by atoms with Gasteiger partial charge in [0.25, 0.3) is 0 Å². The first-order valence-electron chi connectivity index (χ1n) is 5.48. The van der Waals surface area contributed by atoms with Crippen LogP contribution < -0.4 is 5.32 Å². The molecule has 2 atom stereocenters. The van der Waals surface area contributed by atoms with Gasteiger partial charge in [-0.05, 0) is 43.7 Å². The van der Waals surface area contributed by atoms with Crippen molar-refractivity contribution < 1.29 is 0 Å². The molecule has 0 heterocycles. The third kappa shape index (κ3) is 6.39. The number of nitrogens with one attached hydrogen (secondary N) is 1. The van der Waals surface area contributed by atoms with Crippen LogP contribution in [0.5, 0.6) is 0 Å². The molecular formula is C11H25NS. The highest BCUT2D eigenvalue weighted by Gasteiger charge is 2.13. The fourth-order valence-electron chi connectivity index (χ4n) is 1.58. The molecule has 1 nitrogen and oxygen atoms in total. The largest absolute Gasteiger partial charge is 0.314 e. The Labute approximate surface area is 88.1 Å². The second-order valence-corrected chi connectivity index (χ2v) is 4.71. The first kappa shape index (κ1) is 13.3. The lowest BCUT2D eigenvalue weighted by molar-refractivity contribution is 0.360. The topological polar surface area (TPSA) is 12.0 Å². The third-order valence-electron chi connectivity index (χ3n) is 2.56. The summed E-state index contributed by atoms with van der Waals surface area (Å²) in [5.41, 5.74) is 0. The first-order valence-corrected chi connectivity index (χ1v) is 6.87. The third-order valence-corrected chi connectivity index (χ3v) is 3.20. The van der Waals surface area contributed by atoms with E-state index in [1.165, 1.54) is 31.6 Å². The number of hydrogen-bond donors (Lipinski definition) is 1. The van der Waals surface area contributed by atoms with Gasteiger partial charge >= 0.3 is 0 Å². The Kier molecular flexibility index (Phi) is 9.10. The minimum absolute atomic E-state index is 0.729. The van der Waals surface area contributed by atoms with Crippen LogP contribution in [0.4, 0.5) is 0 Å².